The van der Waals surface area contributed by atoms with Gasteiger partial charge in [-0.05, 0) is 24.3 Å². The van der Waals surface area contributed by atoms with E-state index in [1.54, 1.807) is 0 Å². The van der Waals surface area contributed by atoms with Crippen LogP contribution in [0.2, 0.25) is 0 Å². The summed E-state index contributed by atoms with van der Waals surface area (Å²) in [6, 6.07) is 3.39. The summed E-state index contributed by atoms with van der Waals surface area (Å²) in [6.45, 7) is -3.62. The zero-order chi connectivity index (χ0) is 47.7. The fraction of sp³-hybridized carbons (Fsp3) is 0.667. The van der Waals surface area contributed by atoms with Gasteiger partial charge in [0.2, 0.25) is 0 Å². The molecule has 2 saturated heterocycles. The molecule has 2 heterocycles. The highest BCUT2D eigenvalue weighted by Crippen LogP contribution is 2.41. The van der Waals surface area contributed by atoms with E-state index < -0.39 is 163 Å². The van der Waals surface area contributed by atoms with Crippen molar-refractivity contribution in [1.29, 1.82) is 0 Å². The Kier molecular flexibility index (Phi) is 17.6. The first-order chi connectivity index (χ1) is 27.7. The molecule has 10 atom stereocenters. The quantitative estimate of drug-likeness (QED) is 0.0506. The van der Waals surface area contributed by atoms with E-state index in [0.717, 1.165) is 24.3 Å². The lowest BCUT2D eigenvalue weighted by Gasteiger charge is -2.48. The highest BCUT2D eigenvalue weighted by molar-refractivity contribution is 7.99. The molecule has 0 amide bonds. The van der Waals surface area contributed by atoms with Crippen molar-refractivity contribution in [2.24, 2.45) is 0 Å². The Morgan fingerprint density at radius 2 is 0.806 bits per heavy atom. The van der Waals surface area contributed by atoms with Crippen LogP contribution in [-0.2, 0) is 127 Å². The molecule has 2 aliphatic heterocycles. The Morgan fingerprint density at radius 1 is 0.435 bits per heavy atom. The van der Waals surface area contributed by atoms with E-state index in [-0.39, 0.29) is 16.7 Å². The van der Waals surface area contributed by atoms with Gasteiger partial charge in [-0.3, -0.25) is 36.4 Å². The summed E-state index contributed by atoms with van der Waals surface area (Å²) in [4.78, 5) is -0.255. The van der Waals surface area contributed by atoms with Crippen LogP contribution in [0.4, 0.5) is 0 Å². The van der Waals surface area contributed by atoms with Crippen LogP contribution in [-0.4, -0.2) is 178 Å². The van der Waals surface area contributed by atoms with E-state index in [1.165, 1.54) is 0 Å². The van der Waals surface area contributed by atoms with Crippen LogP contribution < -0.4 is 4.18 Å². The van der Waals surface area contributed by atoms with E-state index in [2.05, 4.69) is 33.5 Å². The SMILES string of the molecule is O=S(=O)(O)OC[C@H]1O[C@@H](Sc2ccc(OS(=O)(=O)O)cc2)[C@H](OS(=O)(=O)O)[C@@H](OS(=O)(=O)O)[C@@H]1O[C@H]1O[C@H](COS(=O)(=O)O)[C@@H](OS(=O)(=O)O)[C@H](OS(=O)(=O)O)[C@H]1OS(=O)(=O)O. The number of thioether (sulfide) groups is 1. The molecule has 0 aromatic heterocycles. The molecule has 62 heavy (non-hydrogen) atoms. The van der Waals surface area contributed by atoms with Gasteiger partial charge in [-0.25, -0.2) is 29.3 Å². The molecular formula is C18H26O35S9. The second-order valence-electron chi connectivity index (χ2n) is 11.2. The van der Waals surface area contributed by atoms with Crippen molar-refractivity contribution >= 4 is 95.0 Å². The minimum Gasteiger partial charge on any atom is -0.362 e. The third kappa shape index (κ3) is 19.8. The molecule has 35 nitrogen and oxygen atoms in total. The lowest BCUT2D eigenvalue weighted by Crippen LogP contribution is -2.66. The van der Waals surface area contributed by atoms with Crippen molar-refractivity contribution < 1.29 is 151 Å². The zero-order valence-corrected chi connectivity index (χ0v) is 36.1. The summed E-state index contributed by atoms with van der Waals surface area (Å²) >= 11 is 0.138. The summed E-state index contributed by atoms with van der Waals surface area (Å²) in [5.74, 6) is -0.595. The van der Waals surface area contributed by atoms with Crippen LogP contribution in [0.25, 0.3) is 0 Å². The van der Waals surface area contributed by atoms with Crippen molar-refractivity contribution in [3.05, 3.63) is 24.3 Å². The summed E-state index contributed by atoms with van der Waals surface area (Å²) in [6.07, 6.45) is -27.3. The molecule has 44 heteroatoms. The maximum Gasteiger partial charge on any atom is 0.446 e. The van der Waals surface area contributed by atoms with Crippen LogP contribution in [0, 0.1) is 0 Å². The molecule has 1 aromatic rings. The highest BCUT2D eigenvalue weighted by atomic mass is 32.3. The van der Waals surface area contributed by atoms with Crippen molar-refractivity contribution in [2.45, 2.75) is 65.5 Å². The van der Waals surface area contributed by atoms with Crippen molar-refractivity contribution in [3.63, 3.8) is 0 Å². The van der Waals surface area contributed by atoms with Crippen LogP contribution in [0.1, 0.15) is 0 Å². The third-order valence-corrected chi connectivity index (χ3v) is 11.4. The molecule has 0 radical (unpaired) electrons. The molecule has 8 N–H and O–H groups in total. The molecule has 0 unspecified atom stereocenters. The first-order valence-corrected chi connectivity index (χ1v) is 26.4. The average molecular weight is 1090 g/mol. The third-order valence-electron chi connectivity index (χ3n) is 6.68. The van der Waals surface area contributed by atoms with Gasteiger partial charge >= 0.3 is 83.2 Å². The zero-order valence-electron chi connectivity index (χ0n) is 28.8. The van der Waals surface area contributed by atoms with Crippen LogP contribution in [0.3, 0.4) is 0 Å². The molecule has 362 valence electrons. The molecule has 0 aliphatic carbocycles. The number of ether oxygens (including phenoxy) is 3. The van der Waals surface area contributed by atoms with Crippen LogP contribution in [0.5, 0.6) is 5.75 Å². The Hall–Kier alpha value is -1.75. The lowest BCUT2D eigenvalue weighted by atomic mass is 9.97. The van der Waals surface area contributed by atoms with Crippen molar-refractivity contribution in [1.82, 2.24) is 0 Å². The Labute approximate surface area is 353 Å². The number of rotatable bonds is 22. The molecule has 3 rings (SSSR count). The molecule has 0 spiro atoms. The second kappa shape index (κ2) is 20.0. The number of hydrogen-bond donors (Lipinski definition) is 8. The number of hydrogen-bond acceptors (Lipinski definition) is 28. The van der Waals surface area contributed by atoms with E-state index >= 15 is 0 Å². The van der Waals surface area contributed by atoms with Gasteiger partial charge < -0.3 is 18.4 Å². The fourth-order valence-corrected chi connectivity index (χ4v) is 9.55. The van der Waals surface area contributed by atoms with E-state index in [0.29, 0.717) is 0 Å². The van der Waals surface area contributed by atoms with Crippen LogP contribution >= 0.6 is 11.8 Å². The van der Waals surface area contributed by atoms with Gasteiger partial charge in [0.05, 0.1) is 13.2 Å². The monoisotopic (exact) mass is 1090 g/mol. The topological polar surface area (TPSA) is 536 Å². The Morgan fingerprint density at radius 3 is 1.21 bits per heavy atom. The summed E-state index contributed by atoms with van der Waals surface area (Å²) < 4.78 is 313. The van der Waals surface area contributed by atoms with Crippen molar-refractivity contribution in [2.75, 3.05) is 13.2 Å². The van der Waals surface area contributed by atoms with Gasteiger partial charge in [-0.15, -0.1) is 0 Å². The first kappa shape index (κ1) is 54.6. The normalized spacial score (nSPS) is 28.6. The Balaban J connectivity index is 2.34. The van der Waals surface area contributed by atoms with Gasteiger partial charge in [0.25, 0.3) is 0 Å². The maximum absolute atomic E-state index is 12.2. The van der Waals surface area contributed by atoms with E-state index in [4.69, 9.17) is 23.3 Å². The minimum absolute atomic E-state index is 0.138. The molecule has 2 aliphatic rings. The first-order valence-electron chi connectivity index (χ1n) is 14.6. The smallest absolute Gasteiger partial charge is 0.362 e. The van der Waals surface area contributed by atoms with Gasteiger partial charge in [-0.1, -0.05) is 11.8 Å². The molecule has 0 bridgehead atoms. The largest absolute Gasteiger partial charge is 0.446 e. The van der Waals surface area contributed by atoms with Gasteiger partial charge in [0, 0.05) is 4.90 Å². The average Bonchev–Trinajstić information content (AvgIpc) is 3.01. The standard InChI is InChI=1S/C18H26O35S9/c19-55(20,21)43-5-9-11(13(50-59(31,32)33)16(53-62(40,41)42)18(46-9)54-8-3-1-7(2-4-8)48-57(25,26)27)47-17-15(52-61(37,38)39)14(51-60(34,35)36)12(49-58(28,29)30)10(45-17)6-44-56(22,23)24/h1-4,9-18H,5-6H2,(H,19,20,21)(H,22,23,24)(H,25,26,27)(H,28,29,30)(H,31,32,33)(H,34,35,36)(H,37,38,39)(H,40,41,42)/t9-,10-,11-,12-,13+,14+,15-,16-,17-,18+/m1/s1. The molecule has 2 fully saturated rings. The second-order valence-corrected chi connectivity index (χ2v) is 20.8. The fourth-order valence-electron chi connectivity index (χ4n) is 4.93. The van der Waals surface area contributed by atoms with E-state index in [1.807, 2.05) is 0 Å². The van der Waals surface area contributed by atoms with Gasteiger partial charge in [-0.2, -0.15) is 67.3 Å². The predicted molar refractivity (Wildman–Crippen MR) is 184 cm³/mol. The van der Waals surface area contributed by atoms with Gasteiger partial charge in [0.1, 0.15) is 53.9 Å². The lowest BCUT2D eigenvalue weighted by molar-refractivity contribution is -0.325. The summed E-state index contributed by atoms with van der Waals surface area (Å²) in [7, 11) is -46.9. The molecular weight excluding hydrogens is 1060 g/mol. The van der Waals surface area contributed by atoms with Gasteiger partial charge in [0.15, 0.2) is 12.4 Å². The summed E-state index contributed by atoms with van der Waals surface area (Å²) in [5.41, 5.74) is -2.32. The molecule has 0 saturated carbocycles. The minimum atomic E-state index is -6.17. The maximum atomic E-state index is 12.2. The van der Waals surface area contributed by atoms with Crippen molar-refractivity contribution in [3.8, 4) is 5.75 Å². The highest BCUT2D eigenvalue weighted by Gasteiger charge is 2.58. The van der Waals surface area contributed by atoms with E-state index in [9.17, 15) is 94.7 Å². The van der Waals surface area contributed by atoms with Crippen LogP contribution in [0.15, 0.2) is 29.2 Å². The predicted octanol–water partition coefficient (Wildman–Crippen LogP) is -4.63. The molecule has 1 aromatic carbocycles. The Bertz CT molecular complexity index is 2640. The summed E-state index contributed by atoms with van der Waals surface area (Å²) in [5, 5.41) is 0. The number of benzene rings is 1.